The van der Waals surface area contributed by atoms with E-state index in [4.69, 9.17) is 0 Å². The van der Waals surface area contributed by atoms with Gasteiger partial charge in [0.2, 0.25) is 0 Å². The highest BCUT2D eigenvalue weighted by Crippen LogP contribution is 2.10. The van der Waals surface area contributed by atoms with Crippen LogP contribution in [0.4, 0.5) is 10.5 Å². The third-order valence-electron chi connectivity index (χ3n) is 2.56. The van der Waals surface area contributed by atoms with E-state index in [0.717, 1.165) is 0 Å². The smallest absolute Gasteiger partial charge is 0.319 e. The SMILES string of the molecule is CC(C)CNC(=O)c1ccc(NC(=O)NC(C)(C)C)cc1. The number of nitrogens with one attached hydrogen (secondary N) is 3. The number of anilines is 1. The number of urea groups is 1. The Balaban J connectivity index is 2.58. The Morgan fingerprint density at radius 1 is 1.10 bits per heavy atom. The first-order valence-electron chi connectivity index (χ1n) is 7.15. The molecule has 0 fully saturated rings. The second-order valence-corrected chi connectivity index (χ2v) is 6.51. The van der Waals surface area contributed by atoms with Gasteiger partial charge in [0.1, 0.15) is 0 Å². The van der Waals surface area contributed by atoms with Gasteiger partial charge in [0, 0.05) is 23.3 Å². The molecule has 1 rings (SSSR count). The molecule has 0 aliphatic heterocycles. The number of hydrogen-bond acceptors (Lipinski definition) is 2. The van der Waals surface area contributed by atoms with Gasteiger partial charge < -0.3 is 16.0 Å². The summed E-state index contributed by atoms with van der Waals surface area (Å²) >= 11 is 0. The summed E-state index contributed by atoms with van der Waals surface area (Å²) < 4.78 is 0. The molecule has 0 bridgehead atoms. The van der Waals surface area contributed by atoms with E-state index < -0.39 is 0 Å². The predicted octanol–water partition coefficient (Wildman–Crippen LogP) is 2.99. The highest BCUT2D eigenvalue weighted by Gasteiger charge is 2.13. The first-order valence-corrected chi connectivity index (χ1v) is 7.15. The molecular weight excluding hydrogens is 266 g/mol. The van der Waals surface area contributed by atoms with Crippen molar-refractivity contribution in [1.82, 2.24) is 10.6 Å². The summed E-state index contributed by atoms with van der Waals surface area (Å²) in [6.45, 7) is 10.5. The number of hydrogen-bond donors (Lipinski definition) is 3. The Labute approximate surface area is 126 Å². The molecule has 5 heteroatoms. The minimum absolute atomic E-state index is 0.102. The van der Waals surface area contributed by atoms with Crippen LogP contribution < -0.4 is 16.0 Å². The van der Waals surface area contributed by atoms with Crippen molar-refractivity contribution in [1.29, 1.82) is 0 Å². The number of rotatable bonds is 4. The molecule has 1 aromatic rings. The molecular formula is C16H25N3O2. The van der Waals surface area contributed by atoms with Crippen molar-refractivity contribution in [3.8, 4) is 0 Å². The molecule has 116 valence electrons. The molecule has 0 unspecified atom stereocenters. The lowest BCUT2D eigenvalue weighted by Crippen LogP contribution is -2.43. The molecule has 0 saturated carbocycles. The van der Waals surface area contributed by atoms with Crippen LogP contribution >= 0.6 is 0 Å². The second-order valence-electron chi connectivity index (χ2n) is 6.51. The van der Waals surface area contributed by atoms with E-state index in [9.17, 15) is 9.59 Å². The van der Waals surface area contributed by atoms with Gasteiger partial charge in [-0.15, -0.1) is 0 Å². The van der Waals surface area contributed by atoms with E-state index in [1.807, 2.05) is 34.6 Å². The molecule has 0 aliphatic rings. The molecule has 0 radical (unpaired) electrons. The molecule has 3 amide bonds. The van der Waals surface area contributed by atoms with Gasteiger partial charge in [-0.3, -0.25) is 4.79 Å². The highest BCUT2D eigenvalue weighted by atomic mass is 16.2. The Morgan fingerprint density at radius 2 is 1.67 bits per heavy atom. The van der Waals surface area contributed by atoms with Crippen molar-refractivity contribution in [2.45, 2.75) is 40.2 Å². The normalized spacial score (nSPS) is 11.1. The van der Waals surface area contributed by atoms with E-state index in [0.29, 0.717) is 23.7 Å². The first kappa shape index (κ1) is 17.0. The third-order valence-corrected chi connectivity index (χ3v) is 2.56. The summed E-state index contributed by atoms with van der Waals surface area (Å²) in [5.74, 6) is 0.311. The molecule has 0 heterocycles. The maximum atomic E-state index is 11.9. The van der Waals surface area contributed by atoms with Crippen molar-refractivity contribution < 1.29 is 9.59 Å². The van der Waals surface area contributed by atoms with Gasteiger partial charge in [-0.2, -0.15) is 0 Å². The van der Waals surface area contributed by atoms with Crippen LogP contribution in [-0.4, -0.2) is 24.0 Å². The first-order chi connectivity index (χ1) is 9.67. The zero-order valence-electron chi connectivity index (χ0n) is 13.4. The van der Waals surface area contributed by atoms with E-state index in [-0.39, 0.29) is 17.5 Å². The van der Waals surface area contributed by atoms with E-state index in [2.05, 4.69) is 16.0 Å². The average molecular weight is 291 g/mol. The summed E-state index contributed by atoms with van der Waals surface area (Å²) in [6.07, 6.45) is 0. The topological polar surface area (TPSA) is 70.2 Å². The van der Waals surface area contributed by atoms with Crippen LogP contribution in [0.5, 0.6) is 0 Å². The fourth-order valence-corrected chi connectivity index (χ4v) is 1.61. The standard InChI is InChI=1S/C16H25N3O2/c1-11(2)10-17-14(20)12-6-8-13(9-7-12)18-15(21)19-16(3,4)5/h6-9,11H,10H2,1-5H3,(H,17,20)(H2,18,19,21). The molecule has 0 atom stereocenters. The second kappa shape index (κ2) is 7.11. The fourth-order valence-electron chi connectivity index (χ4n) is 1.61. The zero-order chi connectivity index (χ0) is 16.0. The summed E-state index contributed by atoms with van der Waals surface area (Å²) in [6, 6.07) is 6.56. The Bertz CT molecular complexity index is 487. The van der Waals surface area contributed by atoms with Crippen LogP contribution in [0, 0.1) is 5.92 Å². The maximum absolute atomic E-state index is 11.9. The minimum Gasteiger partial charge on any atom is -0.352 e. The van der Waals surface area contributed by atoms with E-state index >= 15 is 0 Å². The quantitative estimate of drug-likeness (QED) is 0.798. The van der Waals surface area contributed by atoms with Crippen molar-refractivity contribution in [3.05, 3.63) is 29.8 Å². The van der Waals surface area contributed by atoms with Crippen molar-refractivity contribution in [2.24, 2.45) is 5.92 Å². The van der Waals surface area contributed by atoms with Crippen LogP contribution in [0.15, 0.2) is 24.3 Å². The Hall–Kier alpha value is -2.04. The van der Waals surface area contributed by atoms with Gasteiger partial charge in [0.05, 0.1) is 0 Å². The molecule has 3 N–H and O–H groups in total. The number of carbonyl (C=O) groups is 2. The van der Waals surface area contributed by atoms with Crippen molar-refractivity contribution in [3.63, 3.8) is 0 Å². The minimum atomic E-state index is -0.291. The van der Waals surface area contributed by atoms with Crippen LogP contribution in [-0.2, 0) is 0 Å². The van der Waals surface area contributed by atoms with Gasteiger partial charge in [0.15, 0.2) is 0 Å². The summed E-state index contributed by atoms with van der Waals surface area (Å²) in [4.78, 5) is 23.6. The monoisotopic (exact) mass is 291 g/mol. The molecule has 1 aromatic carbocycles. The molecule has 0 aliphatic carbocycles. The summed E-state index contributed by atoms with van der Waals surface area (Å²) in [7, 11) is 0. The molecule has 5 nitrogen and oxygen atoms in total. The molecule has 21 heavy (non-hydrogen) atoms. The lowest BCUT2D eigenvalue weighted by molar-refractivity contribution is 0.0949. The average Bonchev–Trinajstić information content (AvgIpc) is 2.34. The van der Waals surface area contributed by atoms with Gasteiger partial charge in [-0.05, 0) is 51.0 Å². The van der Waals surface area contributed by atoms with Gasteiger partial charge in [-0.1, -0.05) is 13.8 Å². The predicted molar refractivity (Wildman–Crippen MR) is 85.5 cm³/mol. The molecule has 0 aromatic heterocycles. The number of benzene rings is 1. The van der Waals surface area contributed by atoms with Crippen LogP contribution in [0.2, 0.25) is 0 Å². The number of carbonyl (C=O) groups excluding carboxylic acids is 2. The summed E-state index contributed by atoms with van der Waals surface area (Å²) in [5, 5.41) is 8.39. The fraction of sp³-hybridized carbons (Fsp3) is 0.500. The maximum Gasteiger partial charge on any atom is 0.319 e. The molecule has 0 saturated heterocycles. The summed E-state index contributed by atoms with van der Waals surface area (Å²) in [5.41, 5.74) is 0.940. The van der Waals surface area contributed by atoms with Crippen LogP contribution in [0.3, 0.4) is 0 Å². The highest BCUT2D eigenvalue weighted by molar-refractivity contribution is 5.95. The van der Waals surface area contributed by atoms with E-state index in [1.165, 1.54) is 0 Å². The van der Waals surface area contributed by atoms with Gasteiger partial charge >= 0.3 is 6.03 Å². The lowest BCUT2D eigenvalue weighted by atomic mass is 10.1. The van der Waals surface area contributed by atoms with E-state index in [1.54, 1.807) is 24.3 Å². The van der Waals surface area contributed by atoms with Crippen LogP contribution in [0.25, 0.3) is 0 Å². The van der Waals surface area contributed by atoms with Gasteiger partial charge in [0.25, 0.3) is 5.91 Å². The largest absolute Gasteiger partial charge is 0.352 e. The number of amides is 3. The van der Waals surface area contributed by atoms with Crippen molar-refractivity contribution in [2.75, 3.05) is 11.9 Å². The Morgan fingerprint density at radius 3 is 2.14 bits per heavy atom. The lowest BCUT2D eigenvalue weighted by Gasteiger charge is -2.20. The Kier molecular flexibility index (Phi) is 5.76. The van der Waals surface area contributed by atoms with Gasteiger partial charge in [-0.25, -0.2) is 4.79 Å². The van der Waals surface area contributed by atoms with Crippen molar-refractivity contribution >= 4 is 17.6 Å². The zero-order valence-corrected chi connectivity index (χ0v) is 13.4. The molecule has 0 spiro atoms. The third kappa shape index (κ3) is 6.79. The van der Waals surface area contributed by atoms with Crippen LogP contribution in [0.1, 0.15) is 45.0 Å².